The number of rotatable bonds is 4. The molecule has 0 spiro atoms. The van der Waals surface area contributed by atoms with Crippen molar-refractivity contribution >= 4 is 18.6 Å². The Kier molecular flexibility index (Phi) is 6.82. The lowest BCUT2D eigenvalue weighted by Crippen LogP contribution is -2.01. The van der Waals surface area contributed by atoms with E-state index in [0.29, 0.717) is 0 Å². The van der Waals surface area contributed by atoms with Gasteiger partial charge in [-0.25, -0.2) is 0 Å². The second-order valence-electron chi connectivity index (χ2n) is 3.77. The highest BCUT2D eigenvalue weighted by atomic mass is 35.5. The highest BCUT2D eigenvalue weighted by Gasteiger charge is 2.06. The van der Waals surface area contributed by atoms with Crippen LogP contribution in [0.15, 0.2) is 17.3 Å². The van der Waals surface area contributed by atoms with Crippen LogP contribution in [-0.4, -0.2) is 11.4 Å². The molecule has 0 heterocycles. The third-order valence-electron chi connectivity index (χ3n) is 2.72. The number of aryl methyl sites for hydroxylation is 3. The zero-order chi connectivity index (χ0) is 11.3. The SMILES string of the molecule is CCc1cc(C)cc(CC)c1CC=NO.Cl. The molecular weight excluding hydrogens is 222 g/mol. The van der Waals surface area contributed by atoms with E-state index < -0.39 is 0 Å². The van der Waals surface area contributed by atoms with Gasteiger partial charge < -0.3 is 5.21 Å². The summed E-state index contributed by atoms with van der Waals surface area (Å²) in [7, 11) is 0. The van der Waals surface area contributed by atoms with Crippen molar-refractivity contribution < 1.29 is 5.21 Å². The van der Waals surface area contributed by atoms with E-state index in [1.54, 1.807) is 6.21 Å². The van der Waals surface area contributed by atoms with Crippen LogP contribution in [0.3, 0.4) is 0 Å². The molecule has 0 aliphatic heterocycles. The molecule has 2 nitrogen and oxygen atoms in total. The standard InChI is InChI=1S/C13H19NO.ClH/c1-4-11-8-10(3)9-12(5-2)13(11)6-7-14-15;/h7-9,15H,4-6H2,1-3H3;1H. The molecule has 0 unspecified atom stereocenters. The first-order valence-electron chi connectivity index (χ1n) is 5.50. The predicted molar refractivity (Wildman–Crippen MR) is 71.2 cm³/mol. The largest absolute Gasteiger partial charge is 0.411 e. The monoisotopic (exact) mass is 241 g/mol. The number of oxime groups is 1. The van der Waals surface area contributed by atoms with Gasteiger partial charge in [0.15, 0.2) is 0 Å². The first kappa shape index (κ1) is 15.0. The van der Waals surface area contributed by atoms with Crippen LogP contribution >= 0.6 is 12.4 Å². The predicted octanol–water partition coefficient (Wildman–Crippen LogP) is 3.54. The lowest BCUT2D eigenvalue weighted by Gasteiger charge is -2.12. The molecular formula is C13H20ClNO. The number of hydrogen-bond donors (Lipinski definition) is 1. The van der Waals surface area contributed by atoms with Crippen LogP contribution < -0.4 is 0 Å². The van der Waals surface area contributed by atoms with Gasteiger partial charge in [0.2, 0.25) is 0 Å². The van der Waals surface area contributed by atoms with Gasteiger partial charge in [-0.05, 0) is 36.5 Å². The Morgan fingerprint density at radius 2 is 1.69 bits per heavy atom. The van der Waals surface area contributed by atoms with E-state index >= 15 is 0 Å². The second-order valence-corrected chi connectivity index (χ2v) is 3.77. The molecule has 0 saturated heterocycles. The fourth-order valence-corrected chi connectivity index (χ4v) is 2.00. The first-order chi connectivity index (χ1) is 7.22. The van der Waals surface area contributed by atoms with E-state index in [2.05, 4.69) is 38.1 Å². The van der Waals surface area contributed by atoms with Crippen molar-refractivity contribution in [3.8, 4) is 0 Å². The van der Waals surface area contributed by atoms with Crippen LogP contribution in [0.2, 0.25) is 0 Å². The van der Waals surface area contributed by atoms with Crippen molar-refractivity contribution in [1.82, 2.24) is 0 Å². The fraction of sp³-hybridized carbons (Fsp3) is 0.462. The number of benzene rings is 1. The van der Waals surface area contributed by atoms with Gasteiger partial charge in [-0.1, -0.05) is 31.5 Å². The third kappa shape index (κ3) is 3.53. The number of halogens is 1. The zero-order valence-electron chi connectivity index (χ0n) is 10.2. The van der Waals surface area contributed by atoms with E-state index in [1.165, 1.54) is 22.3 Å². The molecule has 90 valence electrons. The lowest BCUT2D eigenvalue weighted by molar-refractivity contribution is 0.320. The molecule has 1 aromatic carbocycles. The summed E-state index contributed by atoms with van der Waals surface area (Å²) in [5.74, 6) is 0. The lowest BCUT2D eigenvalue weighted by atomic mass is 9.93. The summed E-state index contributed by atoms with van der Waals surface area (Å²) in [5, 5.41) is 11.6. The average Bonchev–Trinajstić information content (AvgIpc) is 2.26. The molecule has 1 aromatic rings. The number of hydrogen-bond acceptors (Lipinski definition) is 2. The second kappa shape index (κ2) is 7.29. The minimum Gasteiger partial charge on any atom is -0.411 e. The summed E-state index contributed by atoms with van der Waals surface area (Å²) in [5.41, 5.74) is 5.37. The van der Waals surface area contributed by atoms with Gasteiger partial charge in [-0.15, -0.1) is 17.6 Å². The van der Waals surface area contributed by atoms with E-state index in [0.717, 1.165) is 19.3 Å². The molecule has 0 fully saturated rings. The highest BCUT2D eigenvalue weighted by Crippen LogP contribution is 2.19. The van der Waals surface area contributed by atoms with Gasteiger partial charge in [-0.2, -0.15) is 0 Å². The molecule has 1 N–H and O–H groups in total. The van der Waals surface area contributed by atoms with Crippen molar-refractivity contribution in [3.05, 3.63) is 34.4 Å². The normalized spacial score (nSPS) is 10.4. The summed E-state index contributed by atoms with van der Waals surface area (Å²) in [6, 6.07) is 4.44. The Morgan fingerprint density at radius 1 is 1.19 bits per heavy atom. The smallest absolute Gasteiger partial charge is 0.0479 e. The maximum atomic E-state index is 8.48. The zero-order valence-corrected chi connectivity index (χ0v) is 11.0. The summed E-state index contributed by atoms with van der Waals surface area (Å²) in [6.45, 7) is 6.45. The Labute approximate surface area is 104 Å². The highest BCUT2D eigenvalue weighted by molar-refractivity contribution is 5.85. The van der Waals surface area contributed by atoms with Crippen molar-refractivity contribution in [2.45, 2.75) is 40.0 Å². The fourth-order valence-electron chi connectivity index (χ4n) is 2.00. The van der Waals surface area contributed by atoms with Gasteiger partial charge >= 0.3 is 0 Å². The Balaban J connectivity index is 0.00000225. The molecule has 0 aliphatic carbocycles. The van der Waals surface area contributed by atoms with Crippen LogP contribution in [0, 0.1) is 6.92 Å². The van der Waals surface area contributed by atoms with E-state index in [-0.39, 0.29) is 12.4 Å². The maximum Gasteiger partial charge on any atom is 0.0479 e. The van der Waals surface area contributed by atoms with Crippen LogP contribution in [0.25, 0.3) is 0 Å². The van der Waals surface area contributed by atoms with Crippen LogP contribution in [0.4, 0.5) is 0 Å². The van der Waals surface area contributed by atoms with Crippen molar-refractivity contribution in [2.24, 2.45) is 5.16 Å². The van der Waals surface area contributed by atoms with Gasteiger partial charge in [-0.3, -0.25) is 0 Å². The molecule has 0 amide bonds. The van der Waals surface area contributed by atoms with Crippen molar-refractivity contribution in [2.75, 3.05) is 0 Å². The molecule has 0 aliphatic rings. The van der Waals surface area contributed by atoms with E-state index in [9.17, 15) is 0 Å². The average molecular weight is 242 g/mol. The summed E-state index contributed by atoms with van der Waals surface area (Å²) < 4.78 is 0. The molecule has 0 bridgehead atoms. The van der Waals surface area contributed by atoms with Crippen LogP contribution in [0.1, 0.15) is 36.1 Å². The minimum absolute atomic E-state index is 0. The van der Waals surface area contributed by atoms with Gasteiger partial charge in [0.05, 0.1) is 0 Å². The van der Waals surface area contributed by atoms with Gasteiger partial charge in [0.1, 0.15) is 0 Å². The van der Waals surface area contributed by atoms with Gasteiger partial charge in [0.25, 0.3) is 0 Å². The summed E-state index contributed by atoms with van der Waals surface area (Å²) in [6.07, 6.45) is 4.35. The first-order valence-corrected chi connectivity index (χ1v) is 5.50. The Bertz CT molecular complexity index is 336. The van der Waals surface area contributed by atoms with Crippen LogP contribution in [0.5, 0.6) is 0 Å². The molecule has 1 rings (SSSR count). The molecule has 3 heteroatoms. The quantitative estimate of drug-likeness (QED) is 0.488. The molecule has 0 atom stereocenters. The molecule has 0 aromatic heterocycles. The third-order valence-corrected chi connectivity index (χ3v) is 2.72. The maximum absolute atomic E-state index is 8.48. The van der Waals surface area contributed by atoms with Gasteiger partial charge in [0, 0.05) is 12.6 Å². The number of nitrogens with zero attached hydrogens (tertiary/aromatic N) is 1. The topological polar surface area (TPSA) is 32.6 Å². The van der Waals surface area contributed by atoms with Crippen LogP contribution in [-0.2, 0) is 19.3 Å². The van der Waals surface area contributed by atoms with Crippen molar-refractivity contribution in [1.29, 1.82) is 0 Å². The van der Waals surface area contributed by atoms with E-state index in [1.807, 2.05) is 0 Å². The summed E-state index contributed by atoms with van der Waals surface area (Å²) >= 11 is 0. The Morgan fingerprint density at radius 3 is 2.06 bits per heavy atom. The minimum atomic E-state index is 0. The summed E-state index contributed by atoms with van der Waals surface area (Å²) in [4.78, 5) is 0. The molecule has 0 radical (unpaired) electrons. The Hall–Kier alpha value is -1.02. The molecule has 0 saturated carbocycles. The van der Waals surface area contributed by atoms with E-state index in [4.69, 9.17) is 5.21 Å². The molecule has 16 heavy (non-hydrogen) atoms. The van der Waals surface area contributed by atoms with Crippen molar-refractivity contribution in [3.63, 3.8) is 0 Å².